The van der Waals surface area contributed by atoms with Crippen molar-refractivity contribution in [3.63, 3.8) is 0 Å². The zero-order valence-electron chi connectivity index (χ0n) is 17.2. The van der Waals surface area contributed by atoms with Crippen molar-refractivity contribution in [1.82, 2.24) is 24.8 Å². The average Bonchev–Trinajstić information content (AvgIpc) is 3.29. The SMILES string of the molecule is O=C(c1cc(NN2C3COC32)ncn1)N1CCC(N2CCc3ccccc3C2)C(O)C1. The number of aliphatic hydroxyl groups is 1. The zero-order chi connectivity index (χ0) is 20.9. The number of carbonyl (C=O) groups excluding carboxylic acids is 1. The topological polar surface area (TPSA) is 93.8 Å². The van der Waals surface area contributed by atoms with Crippen LogP contribution in [0.5, 0.6) is 0 Å². The van der Waals surface area contributed by atoms with Gasteiger partial charge in [0.05, 0.1) is 18.8 Å². The molecule has 5 atom stereocenters. The Morgan fingerprint density at radius 3 is 2.77 bits per heavy atom. The lowest BCUT2D eigenvalue weighted by Crippen LogP contribution is -2.56. The summed E-state index contributed by atoms with van der Waals surface area (Å²) in [6, 6.07) is 10.7. The largest absolute Gasteiger partial charge is 0.390 e. The number of aromatic nitrogens is 2. The second-order valence-corrected chi connectivity index (χ2v) is 8.76. The number of benzene rings is 1. The molecule has 1 aromatic heterocycles. The fraction of sp³-hybridized carbons (Fsp3) is 0.500. The van der Waals surface area contributed by atoms with Gasteiger partial charge in [0.1, 0.15) is 24.1 Å². The number of hydrogen-bond donors (Lipinski definition) is 2. The molecule has 1 aromatic carbocycles. The minimum Gasteiger partial charge on any atom is -0.390 e. The molecule has 2 N–H and O–H groups in total. The summed E-state index contributed by atoms with van der Waals surface area (Å²) < 4.78 is 5.37. The van der Waals surface area contributed by atoms with Gasteiger partial charge >= 0.3 is 0 Å². The Hall–Kier alpha value is -2.59. The lowest BCUT2D eigenvalue weighted by molar-refractivity contribution is -0.0139. The summed E-state index contributed by atoms with van der Waals surface area (Å²) in [5, 5.41) is 12.9. The Balaban J connectivity index is 1.09. The van der Waals surface area contributed by atoms with E-state index in [1.807, 2.05) is 5.01 Å². The molecule has 2 aromatic rings. The third-order valence-electron chi connectivity index (χ3n) is 6.90. The summed E-state index contributed by atoms with van der Waals surface area (Å²) in [5.41, 5.74) is 6.25. The van der Waals surface area contributed by atoms with Crippen molar-refractivity contribution in [2.24, 2.45) is 0 Å². The molecular weight excluding hydrogens is 396 g/mol. The third-order valence-corrected chi connectivity index (χ3v) is 6.90. The highest BCUT2D eigenvalue weighted by Crippen LogP contribution is 2.37. The van der Waals surface area contributed by atoms with Gasteiger partial charge in [-0.2, -0.15) is 5.01 Å². The highest BCUT2D eigenvalue weighted by molar-refractivity contribution is 5.93. The minimum absolute atomic E-state index is 0.0678. The van der Waals surface area contributed by atoms with Gasteiger partial charge in [-0.25, -0.2) is 9.97 Å². The maximum atomic E-state index is 13.0. The van der Waals surface area contributed by atoms with E-state index < -0.39 is 6.10 Å². The zero-order valence-corrected chi connectivity index (χ0v) is 17.2. The van der Waals surface area contributed by atoms with Crippen LogP contribution in [0.3, 0.4) is 0 Å². The molecule has 162 valence electrons. The second kappa shape index (κ2) is 7.52. The van der Waals surface area contributed by atoms with E-state index in [-0.39, 0.29) is 18.2 Å². The summed E-state index contributed by atoms with van der Waals surface area (Å²) in [4.78, 5) is 25.5. The predicted octanol–water partition coefficient (Wildman–Crippen LogP) is 0.478. The van der Waals surface area contributed by atoms with Crippen LogP contribution >= 0.6 is 0 Å². The van der Waals surface area contributed by atoms with Crippen LogP contribution in [-0.4, -0.2) is 86.4 Å². The van der Waals surface area contributed by atoms with E-state index in [4.69, 9.17) is 4.74 Å². The van der Waals surface area contributed by atoms with Crippen LogP contribution in [0.1, 0.15) is 28.0 Å². The monoisotopic (exact) mass is 422 g/mol. The Labute approximate surface area is 180 Å². The second-order valence-electron chi connectivity index (χ2n) is 8.76. The quantitative estimate of drug-likeness (QED) is 0.688. The molecule has 31 heavy (non-hydrogen) atoms. The van der Waals surface area contributed by atoms with Gasteiger partial charge in [-0.1, -0.05) is 24.3 Å². The molecule has 0 saturated carbocycles. The minimum atomic E-state index is -0.576. The summed E-state index contributed by atoms with van der Waals surface area (Å²) in [6.45, 7) is 3.45. The number of amides is 1. The van der Waals surface area contributed by atoms with Crippen molar-refractivity contribution < 1.29 is 14.6 Å². The number of hydrazine groups is 1. The van der Waals surface area contributed by atoms with E-state index in [9.17, 15) is 9.90 Å². The van der Waals surface area contributed by atoms with Gasteiger partial charge < -0.3 is 20.2 Å². The lowest BCUT2D eigenvalue weighted by atomic mass is 9.94. The van der Waals surface area contributed by atoms with E-state index in [0.29, 0.717) is 30.6 Å². The van der Waals surface area contributed by atoms with E-state index >= 15 is 0 Å². The number of carbonyl (C=O) groups is 1. The fourth-order valence-corrected chi connectivity index (χ4v) is 4.99. The molecule has 4 aliphatic heterocycles. The van der Waals surface area contributed by atoms with Crippen LogP contribution in [0.25, 0.3) is 0 Å². The summed E-state index contributed by atoms with van der Waals surface area (Å²) in [6.07, 6.45) is 2.70. The van der Waals surface area contributed by atoms with Crippen molar-refractivity contribution in [3.8, 4) is 0 Å². The van der Waals surface area contributed by atoms with Crippen LogP contribution in [0.2, 0.25) is 0 Å². The maximum Gasteiger partial charge on any atom is 0.272 e. The number of aliphatic hydroxyl groups excluding tert-OH is 1. The van der Waals surface area contributed by atoms with Crippen LogP contribution in [0.4, 0.5) is 5.82 Å². The molecule has 6 rings (SSSR count). The van der Waals surface area contributed by atoms with Crippen molar-refractivity contribution in [2.75, 3.05) is 31.7 Å². The van der Waals surface area contributed by atoms with Crippen LogP contribution < -0.4 is 5.43 Å². The molecule has 0 radical (unpaired) electrons. The normalized spacial score (nSPS) is 31.9. The van der Waals surface area contributed by atoms with Crippen LogP contribution in [-0.2, 0) is 17.7 Å². The number of ether oxygens (including phenoxy) is 1. The lowest BCUT2D eigenvalue weighted by Gasteiger charge is -2.43. The number of β-amino-alcohol motifs (C(OH)–C–C–N with tert-alkyl or cyclic N) is 1. The highest BCUT2D eigenvalue weighted by atomic mass is 16.6. The first-order valence-corrected chi connectivity index (χ1v) is 10.9. The smallest absolute Gasteiger partial charge is 0.272 e. The molecule has 9 heteroatoms. The summed E-state index contributed by atoms with van der Waals surface area (Å²) in [7, 11) is 0. The fourth-order valence-electron chi connectivity index (χ4n) is 4.99. The van der Waals surface area contributed by atoms with Gasteiger partial charge in [-0.05, 0) is 24.0 Å². The van der Waals surface area contributed by atoms with E-state index in [1.54, 1.807) is 11.0 Å². The van der Waals surface area contributed by atoms with Gasteiger partial charge in [-0.15, -0.1) is 0 Å². The van der Waals surface area contributed by atoms with Gasteiger partial charge in [-0.3, -0.25) is 9.69 Å². The molecular formula is C22H26N6O3. The van der Waals surface area contributed by atoms with E-state index in [2.05, 4.69) is 44.6 Å². The number of rotatable bonds is 4. The van der Waals surface area contributed by atoms with Gasteiger partial charge in [0.2, 0.25) is 0 Å². The number of nitrogens with one attached hydrogen (secondary N) is 1. The number of fused-ring (bicyclic) bond motifs is 2. The van der Waals surface area contributed by atoms with Crippen molar-refractivity contribution >= 4 is 11.7 Å². The van der Waals surface area contributed by atoms with Gasteiger partial charge in [0.25, 0.3) is 5.91 Å². The molecule has 5 unspecified atom stereocenters. The molecule has 3 saturated heterocycles. The highest BCUT2D eigenvalue weighted by Gasteiger charge is 2.57. The molecule has 0 bridgehead atoms. The first kappa shape index (κ1) is 19.1. The molecule has 9 nitrogen and oxygen atoms in total. The molecule has 4 aliphatic rings. The van der Waals surface area contributed by atoms with E-state index in [1.165, 1.54) is 17.5 Å². The number of piperidine rings is 1. The molecule has 3 fully saturated rings. The first-order chi connectivity index (χ1) is 15.2. The van der Waals surface area contributed by atoms with Crippen LogP contribution in [0.15, 0.2) is 36.7 Å². The standard InChI is InChI=1S/C22H26N6O3/c29-19-11-27(8-6-17(19)26-7-5-14-3-1-2-4-15(14)10-26)21(30)16-9-20(24-13-23-16)25-28-18-12-31-22(18)28/h1-4,9,13,17-19,22,29H,5-8,10-12H2,(H,23,24,25). The molecule has 0 spiro atoms. The molecule has 0 aliphatic carbocycles. The Morgan fingerprint density at radius 1 is 1.16 bits per heavy atom. The number of nitrogens with zero attached hydrogens (tertiary/aromatic N) is 5. The number of likely N-dealkylation sites (tertiary alicyclic amines) is 1. The number of anilines is 1. The summed E-state index contributed by atoms with van der Waals surface area (Å²) >= 11 is 0. The van der Waals surface area contributed by atoms with Crippen molar-refractivity contribution in [1.29, 1.82) is 0 Å². The Bertz CT molecular complexity index is 993. The molecule has 1 amide bonds. The van der Waals surface area contributed by atoms with E-state index in [0.717, 1.165) is 32.5 Å². The Kier molecular flexibility index (Phi) is 4.64. The number of hydrogen-bond acceptors (Lipinski definition) is 8. The Morgan fingerprint density at radius 2 is 2.00 bits per heavy atom. The van der Waals surface area contributed by atoms with Gasteiger partial charge in [0, 0.05) is 38.3 Å². The van der Waals surface area contributed by atoms with Gasteiger partial charge in [0.15, 0.2) is 0 Å². The van der Waals surface area contributed by atoms with Crippen molar-refractivity contribution in [2.45, 2.75) is 43.8 Å². The third kappa shape index (κ3) is 3.47. The van der Waals surface area contributed by atoms with Crippen molar-refractivity contribution in [3.05, 3.63) is 53.5 Å². The van der Waals surface area contributed by atoms with Crippen LogP contribution in [0, 0.1) is 0 Å². The first-order valence-electron chi connectivity index (χ1n) is 10.9. The molecule has 5 heterocycles. The predicted molar refractivity (Wildman–Crippen MR) is 112 cm³/mol. The average molecular weight is 422 g/mol. The maximum absolute atomic E-state index is 13.0. The summed E-state index contributed by atoms with van der Waals surface area (Å²) in [5.74, 6) is 0.413.